The molecule has 0 fully saturated rings. The number of benzene rings is 3. The van der Waals surface area contributed by atoms with Gasteiger partial charge in [0.25, 0.3) is 15.9 Å². The highest BCUT2D eigenvalue weighted by Gasteiger charge is 2.23. The first-order valence-corrected chi connectivity index (χ1v) is 11.9. The highest BCUT2D eigenvalue weighted by molar-refractivity contribution is 7.92. The number of hydrogen-bond donors (Lipinski definition) is 1. The minimum Gasteiger partial charge on any atom is -0.497 e. The van der Waals surface area contributed by atoms with E-state index in [1.807, 2.05) is 31.2 Å². The monoisotopic (exact) mass is 482 g/mol. The molecule has 3 aromatic rings. The fourth-order valence-electron chi connectivity index (χ4n) is 3.14. The molecule has 0 aromatic heterocycles. The summed E-state index contributed by atoms with van der Waals surface area (Å²) in [5.41, 5.74) is 2.45. The van der Waals surface area contributed by atoms with Gasteiger partial charge in [-0.25, -0.2) is 13.2 Å². The highest BCUT2D eigenvalue weighted by atomic mass is 32.2. The summed E-state index contributed by atoms with van der Waals surface area (Å²) >= 11 is 0. The molecular formula is C25H26N2O6S. The summed E-state index contributed by atoms with van der Waals surface area (Å²) in [7, 11) is -0.997. The van der Waals surface area contributed by atoms with Crippen LogP contribution in [0.15, 0.2) is 77.7 Å². The lowest BCUT2D eigenvalue weighted by Crippen LogP contribution is -2.29. The number of rotatable bonds is 9. The van der Waals surface area contributed by atoms with Crippen molar-refractivity contribution in [3.05, 3.63) is 89.5 Å². The average Bonchev–Trinajstić information content (AvgIpc) is 2.86. The maximum atomic E-state index is 13.1. The van der Waals surface area contributed by atoms with Crippen LogP contribution in [0.2, 0.25) is 0 Å². The maximum absolute atomic E-state index is 13.1. The third-order valence-corrected chi connectivity index (χ3v) is 7.02. The molecule has 0 aliphatic rings. The molecule has 0 atom stereocenters. The molecule has 0 bridgehead atoms. The first-order chi connectivity index (χ1) is 16.2. The number of methoxy groups -OCH3 is 1. The largest absolute Gasteiger partial charge is 0.497 e. The van der Waals surface area contributed by atoms with Gasteiger partial charge in [-0.15, -0.1) is 0 Å². The number of aryl methyl sites for hydroxylation is 1. The van der Waals surface area contributed by atoms with E-state index in [0.29, 0.717) is 18.0 Å². The maximum Gasteiger partial charge on any atom is 0.338 e. The Kier molecular flexibility index (Phi) is 7.91. The Morgan fingerprint density at radius 1 is 0.971 bits per heavy atom. The smallest absolute Gasteiger partial charge is 0.338 e. The normalized spacial score (nSPS) is 10.9. The van der Waals surface area contributed by atoms with Crippen molar-refractivity contribution in [2.45, 2.75) is 18.4 Å². The number of nitrogens with one attached hydrogen (secondary N) is 1. The van der Waals surface area contributed by atoms with Gasteiger partial charge in [-0.2, -0.15) is 0 Å². The molecule has 9 heteroatoms. The number of sulfonamides is 1. The number of amides is 1. The first-order valence-electron chi connectivity index (χ1n) is 10.4. The average molecular weight is 483 g/mol. The Morgan fingerprint density at radius 2 is 1.68 bits per heavy atom. The van der Waals surface area contributed by atoms with Crippen LogP contribution in [0.4, 0.5) is 5.69 Å². The van der Waals surface area contributed by atoms with Crippen LogP contribution in [-0.2, 0) is 26.1 Å². The summed E-state index contributed by atoms with van der Waals surface area (Å²) < 4.78 is 37.4. The van der Waals surface area contributed by atoms with Gasteiger partial charge in [0.05, 0.1) is 23.3 Å². The van der Waals surface area contributed by atoms with Crippen molar-refractivity contribution in [1.82, 2.24) is 5.32 Å². The molecule has 0 radical (unpaired) electrons. The summed E-state index contributed by atoms with van der Waals surface area (Å²) in [6.07, 6.45) is 0. The van der Waals surface area contributed by atoms with E-state index in [2.05, 4.69) is 5.32 Å². The quantitative estimate of drug-likeness (QED) is 0.470. The van der Waals surface area contributed by atoms with E-state index >= 15 is 0 Å². The predicted molar refractivity (Wildman–Crippen MR) is 128 cm³/mol. The molecule has 1 amide bonds. The lowest BCUT2D eigenvalue weighted by Gasteiger charge is -2.20. The van der Waals surface area contributed by atoms with E-state index in [-0.39, 0.29) is 10.5 Å². The minimum atomic E-state index is -3.94. The summed E-state index contributed by atoms with van der Waals surface area (Å²) in [5, 5.41) is 2.70. The second-order valence-corrected chi connectivity index (χ2v) is 9.45. The van der Waals surface area contributed by atoms with Gasteiger partial charge in [0.15, 0.2) is 6.61 Å². The second kappa shape index (κ2) is 10.8. The molecule has 0 saturated heterocycles. The van der Waals surface area contributed by atoms with Crippen molar-refractivity contribution in [3.8, 4) is 5.75 Å². The number of carbonyl (C=O) groups is 2. The highest BCUT2D eigenvalue weighted by Crippen LogP contribution is 2.25. The summed E-state index contributed by atoms with van der Waals surface area (Å²) in [5.74, 6) is -0.656. The van der Waals surface area contributed by atoms with E-state index in [1.165, 1.54) is 38.4 Å². The van der Waals surface area contributed by atoms with Gasteiger partial charge in [0, 0.05) is 13.6 Å². The molecule has 0 heterocycles. The first kappa shape index (κ1) is 24.8. The van der Waals surface area contributed by atoms with Crippen LogP contribution in [0.5, 0.6) is 5.75 Å². The SMILES string of the molecule is COc1ccc(N(C)S(=O)(=O)c2cccc(C(=O)OCC(=O)NCc3ccccc3C)c2)cc1. The lowest BCUT2D eigenvalue weighted by atomic mass is 10.1. The molecule has 0 spiro atoms. The topological polar surface area (TPSA) is 102 Å². The van der Waals surface area contributed by atoms with Crippen LogP contribution >= 0.6 is 0 Å². The van der Waals surface area contributed by atoms with Crippen LogP contribution in [0.1, 0.15) is 21.5 Å². The number of hydrogen-bond acceptors (Lipinski definition) is 6. The van der Waals surface area contributed by atoms with Gasteiger partial charge in [-0.3, -0.25) is 9.10 Å². The molecule has 0 saturated carbocycles. The van der Waals surface area contributed by atoms with E-state index in [0.717, 1.165) is 15.4 Å². The van der Waals surface area contributed by atoms with Crippen LogP contribution in [0.25, 0.3) is 0 Å². The zero-order valence-corrected chi connectivity index (χ0v) is 20.0. The minimum absolute atomic E-state index is 0.0240. The van der Waals surface area contributed by atoms with Gasteiger partial charge in [-0.05, 0) is 60.5 Å². The zero-order chi connectivity index (χ0) is 24.7. The van der Waals surface area contributed by atoms with Crippen LogP contribution < -0.4 is 14.4 Å². The van der Waals surface area contributed by atoms with E-state index in [4.69, 9.17) is 9.47 Å². The fraction of sp³-hybridized carbons (Fsp3) is 0.200. The molecular weight excluding hydrogens is 456 g/mol. The third-order valence-electron chi connectivity index (χ3n) is 5.24. The summed E-state index contributed by atoms with van der Waals surface area (Å²) in [6.45, 7) is 1.77. The van der Waals surface area contributed by atoms with Gasteiger partial charge in [-0.1, -0.05) is 30.3 Å². The van der Waals surface area contributed by atoms with E-state index < -0.39 is 28.5 Å². The Balaban J connectivity index is 1.63. The summed E-state index contributed by atoms with van der Waals surface area (Å²) in [4.78, 5) is 24.4. The Morgan fingerprint density at radius 3 is 2.35 bits per heavy atom. The van der Waals surface area contributed by atoms with Gasteiger partial charge in [0.2, 0.25) is 0 Å². The molecule has 0 unspecified atom stereocenters. The van der Waals surface area contributed by atoms with Crippen LogP contribution in [-0.4, -0.2) is 41.1 Å². The fourth-order valence-corrected chi connectivity index (χ4v) is 4.38. The Hall–Kier alpha value is -3.85. The van der Waals surface area contributed by atoms with Gasteiger partial charge < -0.3 is 14.8 Å². The molecule has 0 aliphatic heterocycles. The standard InChI is InChI=1S/C25H26N2O6S/c1-18-7-4-5-8-20(18)16-26-24(28)17-33-25(29)19-9-6-10-23(15-19)34(30,31)27(2)21-11-13-22(32-3)14-12-21/h4-15H,16-17H2,1-3H3,(H,26,28). The number of carbonyl (C=O) groups excluding carboxylic acids is 2. The Bertz CT molecular complexity index is 1270. The van der Waals surface area contributed by atoms with E-state index in [1.54, 1.807) is 24.3 Å². The van der Waals surface area contributed by atoms with E-state index in [9.17, 15) is 18.0 Å². The second-order valence-electron chi connectivity index (χ2n) is 7.48. The number of ether oxygens (including phenoxy) is 2. The number of nitrogens with zero attached hydrogens (tertiary/aromatic N) is 1. The molecule has 34 heavy (non-hydrogen) atoms. The predicted octanol–water partition coefficient (Wildman–Crippen LogP) is 3.30. The molecule has 178 valence electrons. The Labute approximate surface area is 199 Å². The van der Waals surface area contributed by atoms with Crippen LogP contribution in [0, 0.1) is 6.92 Å². The summed E-state index contributed by atoms with van der Waals surface area (Å²) in [6, 6.07) is 19.7. The zero-order valence-electron chi connectivity index (χ0n) is 19.1. The number of anilines is 1. The van der Waals surface area contributed by atoms with Crippen molar-refractivity contribution in [2.24, 2.45) is 0 Å². The van der Waals surface area contributed by atoms with Crippen molar-refractivity contribution in [2.75, 3.05) is 25.1 Å². The van der Waals surface area contributed by atoms with Gasteiger partial charge >= 0.3 is 5.97 Å². The lowest BCUT2D eigenvalue weighted by molar-refractivity contribution is -0.124. The van der Waals surface area contributed by atoms with Crippen molar-refractivity contribution in [1.29, 1.82) is 0 Å². The molecule has 1 N–H and O–H groups in total. The molecule has 8 nitrogen and oxygen atoms in total. The molecule has 3 rings (SSSR count). The number of esters is 1. The third kappa shape index (κ3) is 5.93. The molecule has 0 aliphatic carbocycles. The van der Waals surface area contributed by atoms with Gasteiger partial charge in [0.1, 0.15) is 5.75 Å². The molecule has 3 aromatic carbocycles. The van der Waals surface area contributed by atoms with Crippen molar-refractivity contribution >= 4 is 27.6 Å². The van der Waals surface area contributed by atoms with Crippen molar-refractivity contribution < 1.29 is 27.5 Å². The van der Waals surface area contributed by atoms with Crippen LogP contribution in [0.3, 0.4) is 0 Å². The van der Waals surface area contributed by atoms with Crippen molar-refractivity contribution in [3.63, 3.8) is 0 Å².